The molecule has 0 N–H and O–H groups in total. The van der Waals surface area contributed by atoms with E-state index in [-0.39, 0.29) is 11.9 Å². The number of hydrogen-bond acceptors (Lipinski definition) is 4. The average molecular weight is 407 g/mol. The van der Waals surface area contributed by atoms with E-state index in [0.717, 1.165) is 29.1 Å². The maximum absolute atomic E-state index is 13.2. The largest absolute Gasteiger partial charge is 0.461 e. The van der Waals surface area contributed by atoms with E-state index in [1.807, 2.05) is 24.0 Å². The van der Waals surface area contributed by atoms with Crippen LogP contribution in [-0.2, 0) is 6.42 Å². The van der Waals surface area contributed by atoms with Crippen molar-refractivity contribution in [2.24, 2.45) is 0 Å². The highest BCUT2D eigenvalue weighted by atomic mass is 35.5. The molecule has 0 saturated heterocycles. The van der Waals surface area contributed by atoms with Crippen LogP contribution in [0.1, 0.15) is 40.3 Å². The van der Waals surface area contributed by atoms with E-state index in [0.29, 0.717) is 22.9 Å². The van der Waals surface area contributed by atoms with Crippen molar-refractivity contribution >= 4 is 23.2 Å². The molecular formula is C22H19ClN4O2. The van der Waals surface area contributed by atoms with Gasteiger partial charge in [-0.3, -0.25) is 4.79 Å². The number of halogens is 1. The van der Waals surface area contributed by atoms with Crippen molar-refractivity contribution < 1.29 is 9.21 Å². The molecule has 4 aromatic rings. The van der Waals surface area contributed by atoms with Gasteiger partial charge >= 0.3 is 0 Å². The number of nitrogens with zero attached hydrogens (tertiary/aromatic N) is 4. The van der Waals surface area contributed by atoms with Crippen molar-refractivity contribution in [2.45, 2.75) is 26.3 Å². The molecule has 0 spiro atoms. The Kier molecular flexibility index (Phi) is 4.17. The first-order valence-corrected chi connectivity index (χ1v) is 9.89. The topological polar surface area (TPSA) is 63.6 Å². The molecule has 29 heavy (non-hydrogen) atoms. The first-order chi connectivity index (χ1) is 14.0. The van der Waals surface area contributed by atoms with Gasteiger partial charge in [-0.25, -0.2) is 9.50 Å². The van der Waals surface area contributed by atoms with Crippen LogP contribution in [-0.4, -0.2) is 31.9 Å². The minimum absolute atomic E-state index is 0.0661. The molecule has 6 nitrogen and oxygen atoms in total. The standard InChI is InChI=1S/C22H19ClN4O2/c1-13-3-6-20(29-13)16-5-4-15-7-8-26(14(2)18(15)9-16)22(28)19-10-21-24-11-17(23)12-27(21)25-19/h3-6,9-12,14H,7-8H2,1-2H3. The monoisotopic (exact) mass is 406 g/mol. The van der Waals surface area contributed by atoms with Crippen LogP contribution in [0, 0.1) is 6.92 Å². The predicted molar refractivity (Wildman–Crippen MR) is 110 cm³/mol. The molecule has 1 amide bonds. The minimum atomic E-state index is -0.107. The molecule has 4 heterocycles. The molecule has 1 aliphatic heterocycles. The van der Waals surface area contributed by atoms with Crippen molar-refractivity contribution in [3.8, 4) is 11.3 Å². The zero-order chi connectivity index (χ0) is 20.1. The molecule has 0 bridgehead atoms. The molecule has 1 unspecified atom stereocenters. The highest BCUT2D eigenvalue weighted by Crippen LogP contribution is 2.34. The number of carbonyl (C=O) groups is 1. The van der Waals surface area contributed by atoms with E-state index in [1.54, 1.807) is 18.5 Å². The number of furan rings is 1. The third kappa shape index (κ3) is 3.09. The summed E-state index contributed by atoms with van der Waals surface area (Å²) in [5, 5.41) is 4.84. The Morgan fingerprint density at radius 2 is 2.10 bits per heavy atom. The highest BCUT2D eigenvalue weighted by Gasteiger charge is 2.30. The van der Waals surface area contributed by atoms with Gasteiger partial charge in [0.15, 0.2) is 11.3 Å². The highest BCUT2D eigenvalue weighted by molar-refractivity contribution is 6.30. The molecule has 0 saturated carbocycles. The maximum atomic E-state index is 13.2. The van der Waals surface area contributed by atoms with Crippen LogP contribution < -0.4 is 0 Å². The molecule has 146 valence electrons. The Balaban J connectivity index is 1.48. The lowest BCUT2D eigenvalue weighted by Gasteiger charge is -2.35. The Bertz CT molecular complexity index is 1240. The van der Waals surface area contributed by atoms with Crippen molar-refractivity contribution in [1.82, 2.24) is 19.5 Å². The number of carbonyl (C=O) groups excluding carboxylic acids is 1. The van der Waals surface area contributed by atoms with E-state index in [4.69, 9.17) is 16.0 Å². The summed E-state index contributed by atoms with van der Waals surface area (Å²) < 4.78 is 7.31. The molecule has 1 atom stereocenters. The van der Waals surface area contributed by atoms with Crippen LogP contribution in [0.15, 0.2) is 53.2 Å². The Morgan fingerprint density at radius 1 is 1.24 bits per heavy atom. The summed E-state index contributed by atoms with van der Waals surface area (Å²) in [6, 6.07) is 11.9. The SMILES string of the molecule is Cc1ccc(-c2ccc3c(c2)C(C)N(C(=O)c2cc4ncc(Cl)cn4n2)CC3)o1. The lowest BCUT2D eigenvalue weighted by molar-refractivity contribution is 0.0671. The van der Waals surface area contributed by atoms with Gasteiger partial charge in [0, 0.05) is 24.4 Å². The Labute approximate surface area is 172 Å². The number of rotatable bonds is 2. The Morgan fingerprint density at radius 3 is 2.90 bits per heavy atom. The van der Waals surface area contributed by atoms with Gasteiger partial charge in [0.25, 0.3) is 5.91 Å². The van der Waals surface area contributed by atoms with Crippen molar-refractivity contribution in [3.63, 3.8) is 0 Å². The van der Waals surface area contributed by atoms with Gasteiger partial charge in [-0.2, -0.15) is 5.10 Å². The second kappa shape index (κ2) is 6.74. The predicted octanol–water partition coefficient (Wildman–Crippen LogP) is 4.71. The smallest absolute Gasteiger partial charge is 0.274 e. The van der Waals surface area contributed by atoms with Crippen molar-refractivity contribution in [3.05, 3.63) is 76.4 Å². The van der Waals surface area contributed by atoms with Crippen LogP contribution >= 0.6 is 11.6 Å². The summed E-state index contributed by atoms with van der Waals surface area (Å²) in [6.45, 7) is 4.63. The summed E-state index contributed by atoms with van der Waals surface area (Å²) in [4.78, 5) is 19.3. The van der Waals surface area contributed by atoms with Crippen molar-refractivity contribution in [2.75, 3.05) is 6.54 Å². The molecule has 0 fully saturated rings. The van der Waals surface area contributed by atoms with Crippen LogP contribution in [0.4, 0.5) is 0 Å². The van der Waals surface area contributed by atoms with Gasteiger partial charge in [-0.1, -0.05) is 23.7 Å². The molecule has 7 heteroatoms. The van der Waals surface area contributed by atoms with Gasteiger partial charge in [0.05, 0.1) is 17.3 Å². The molecule has 3 aromatic heterocycles. The van der Waals surface area contributed by atoms with E-state index < -0.39 is 0 Å². The normalized spacial score (nSPS) is 16.2. The fourth-order valence-electron chi connectivity index (χ4n) is 3.94. The zero-order valence-electron chi connectivity index (χ0n) is 16.1. The Hall–Kier alpha value is -3.12. The van der Waals surface area contributed by atoms with Gasteiger partial charge in [-0.15, -0.1) is 0 Å². The summed E-state index contributed by atoms with van der Waals surface area (Å²) in [6.07, 6.45) is 4.00. The third-order valence-corrected chi connectivity index (χ3v) is 5.67. The number of aryl methyl sites for hydroxylation is 1. The fraction of sp³-hybridized carbons (Fsp3) is 0.227. The number of hydrogen-bond donors (Lipinski definition) is 0. The first-order valence-electron chi connectivity index (χ1n) is 9.51. The zero-order valence-corrected chi connectivity index (χ0v) is 16.8. The third-order valence-electron chi connectivity index (χ3n) is 5.47. The van der Waals surface area contributed by atoms with E-state index >= 15 is 0 Å². The molecule has 1 aliphatic rings. The number of benzene rings is 1. The van der Waals surface area contributed by atoms with Gasteiger partial charge < -0.3 is 9.32 Å². The number of fused-ring (bicyclic) bond motifs is 2. The molecular weight excluding hydrogens is 388 g/mol. The maximum Gasteiger partial charge on any atom is 0.274 e. The van der Waals surface area contributed by atoms with Crippen LogP contribution in [0.2, 0.25) is 5.02 Å². The van der Waals surface area contributed by atoms with Crippen LogP contribution in [0.5, 0.6) is 0 Å². The first kappa shape index (κ1) is 17.9. The lowest BCUT2D eigenvalue weighted by Crippen LogP contribution is -2.39. The van der Waals surface area contributed by atoms with Gasteiger partial charge in [0.2, 0.25) is 0 Å². The number of amides is 1. The molecule has 5 rings (SSSR count). The summed E-state index contributed by atoms with van der Waals surface area (Å²) in [7, 11) is 0. The van der Waals surface area contributed by atoms with E-state index in [9.17, 15) is 4.79 Å². The molecule has 1 aromatic carbocycles. The van der Waals surface area contributed by atoms with Crippen LogP contribution in [0.3, 0.4) is 0 Å². The van der Waals surface area contributed by atoms with E-state index in [1.165, 1.54) is 10.1 Å². The quantitative estimate of drug-likeness (QED) is 0.483. The van der Waals surface area contributed by atoms with Gasteiger partial charge in [-0.05, 0) is 49.6 Å². The number of aromatic nitrogens is 3. The van der Waals surface area contributed by atoms with Gasteiger partial charge in [0.1, 0.15) is 11.5 Å². The van der Waals surface area contributed by atoms with Crippen molar-refractivity contribution in [1.29, 1.82) is 0 Å². The summed E-state index contributed by atoms with van der Waals surface area (Å²) >= 11 is 5.98. The second-order valence-corrected chi connectivity index (χ2v) is 7.79. The van der Waals surface area contributed by atoms with Crippen LogP contribution in [0.25, 0.3) is 17.0 Å². The van der Waals surface area contributed by atoms with E-state index in [2.05, 4.69) is 35.2 Å². The summed E-state index contributed by atoms with van der Waals surface area (Å²) in [5.74, 6) is 1.61. The second-order valence-electron chi connectivity index (χ2n) is 7.35. The lowest BCUT2D eigenvalue weighted by atomic mass is 9.91. The fourth-order valence-corrected chi connectivity index (χ4v) is 4.08. The minimum Gasteiger partial charge on any atom is -0.461 e. The average Bonchev–Trinajstić information content (AvgIpc) is 3.33. The molecule has 0 radical (unpaired) electrons. The summed E-state index contributed by atoms with van der Waals surface area (Å²) in [5.41, 5.74) is 4.38. The molecule has 0 aliphatic carbocycles.